The molecule has 0 saturated carbocycles. The van der Waals surface area contributed by atoms with Crippen molar-refractivity contribution in [2.45, 2.75) is 36.1 Å². The van der Waals surface area contributed by atoms with Crippen molar-refractivity contribution in [3.63, 3.8) is 0 Å². The number of amides is 1. The highest BCUT2D eigenvalue weighted by Gasteiger charge is 2.33. The van der Waals surface area contributed by atoms with Gasteiger partial charge in [-0.2, -0.15) is 17.9 Å². The number of aliphatic carboxylic acids is 1. The number of hydrogen-bond donors (Lipinski definition) is 5. The number of amidine groups is 1. The van der Waals surface area contributed by atoms with E-state index in [1.807, 2.05) is 0 Å². The molecule has 2 aromatic carbocycles. The highest BCUT2D eigenvalue weighted by atomic mass is 32.2. The fourth-order valence-corrected chi connectivity index (χ4v) is 4.55. The van der Waals surface area contributed by atoms with Crippen molar-refractivity contribution < 1.29 is 41.1 Å². The molecule has 0 aromatic heterocycles. The number of halogens is 3. The number of nitrogen functional groups attached to an aromatic ring is 1. The summed E-state index contributed by atoms with van der Waals surface area (Å²) in [6.07, 6.45) is -5.41. The second-order valence-corrected chi connectivity index (χ2v) is 9.72. The number of sulfonamides is 1. The maximum atomic E-state index is 12.9. The Bertz CT molecular complexity index is 1330. The van der Waals surface area contributed by atoms with Crippen molar-refractivity contribution in [2.75, 3.05) is 6.54 Å². The van der Waals surface area contributed by atoms with Gasteiger partial charge < -0.3 is 21.0 Å². The molecule has 0 aliphatic carbocycles. The lowest BCUT2D eigenvalue weighted by molar-refractivity contribution is -0.139. The molecular formula is C22H22F3N5O6S. The van der Waals surface area contributed by atoms with Gasteiger partial charge in [-0.15, -0.1) is 0 Å². The topological polar surface area (TPSA) is 184 Å². The first kappa shape index (κ1) is 27.6. The normalized spacial score (nSPS) is 16.4. The zero-order valence-corrected chi connectivity index (χ0v) is 19.8. The van der Waals surface area contributed by atoms with E-state index in [9.17, 15) is 36.3 Å². The van der Waals surface area contributed by atoms with Crippen LogP contribution in [0.15, 0.2) is 58.6 Å². The minimum absolute atomic E-state index is 0.0949. The summed E-state index contributed by atoms with van der Waals surface area (Å²) >= 11 is 0. The van der Waals surface area contributed by atoms with Crippen LogP contribution in [0.1, 0.15) is 29.5 Å². The third-order valence-corrected chi connectivity index (χ3v) is 6.72. The van der Waals surface area contributed by atoms with Crippen molar-refractivity contribution in [3.05, 3.63) is 65.2 Å². The Kier molecular flexibility index (Phi) is 8.18. The van der Waals surface area contributed by atoms with Crippen LogP contribution in [0.25, 0.3) is 0 Å². The minimum atomic E-state index is -4.80. The number of rotatable bonds is 10. The first-order chi connectivity index (χ1) is 17.3. The number of nitrogens with one attached hydrogen (secondary N) is 3. The summed E-state index contributed by atoms with van der Waals surface area (Å²) in [5.41, 5.74) is 5.96. The summed E-state index contributed by atoms with van der Waals surface area (Å²) in [7, 11) is -4.65. The molecule has 0 fully saturated rings. The Morgan fingerprint density at radius 3 is 2.49 bits per heavy atom. The Balaban J connectivity index is 1.55. The monoisotopic (exact) mass is 541 g/mol. The Hall–Kier alpha value is -3.98. The van der Waals surface area contributed by atoms with Gasteiger partial charge in [-0.3, -0.25) is 15.0 Å². The Morgan fingerprint density at radius 1 is 1.22 bits per heavy atom. The molecule has 1 amide bonds. The highest BCUT2D eigenvalue weighted by molar-refractivity contribution is 7.89. The summed E-state index contributed by atoms with van der Waals surface area (Å²) in [5.74, 6) is -2.40. The molecule has 2 aromatic rings. The molecule has 0 saturated heterocycles. The van der Waals surface area contributed by atoms with Gasteiger partial charge in [0, 0.05) is 18.5 Å². The molecule has 198 valence electrons. The van der Waals surface area contributed by atoms with E-state index < -0.39 is 57.2 Å². The lowest BCUT2D eigenvalue weighted by Gasteiger charge is -2.17. The fourth-order valence-electron chi connectivity index (χ4n) is 3.32. The van der Waals surface area contributed by atoms with E-state index in [0.717, 1.165) is 12.1 Å². The molecule has 6 N–H and O–H groups in total. The number of nitrogens with zero attached hydrogens (tertiary/aromatic N) is 1. The standard InChI is InChI=1S/C22H22F3N5O6S/c23-22(24,25)14-2-1-3-16(8-14)37(34,35)30-18(21(32)33)11-28-19(31)10-15-9-17(29-36-15)12-4-6-13(7-5-12)20(26)27/h1-8,15,18,30H,9-11H2,(H3,26,27)(H,28,31)(H,32,33)/t15?,18-/m0/s1. The summed E-state index contributed by atoms with van der Waals surface area (Å²) in [6.45, 7) is -0.667. The number of nitrogens with two attached hydrogens (primary N) is 1. The van der Waals surface area contributed by atoms with Crippen LogP contribution in [-0.2, 0) is 30.6 Å². The average Bonchev–Trinajstić information content (AvgIpc) is 3.29. The molecule has 0 radical (unpaired) electrons. The van der Waals surface area contributed by atoms with Gasteiger partial charge in [-0.1, -0.05) is 35.5 Å². The number of carbonyl (C=O) groups is 2. The van der Waals surface area contributed by atoms with E-state index in [1.54, 1.807) is 29.0 Å². The first-order valence-corrected chi connectivity index (χ1v) is 12.1. The molecule has 1 heterocycles. The zero-order chi connectivity index (χ0) is 27.4. The maximum absolute atomic E-state index is 12.9. The van der Waals surface area contributed by atoms with Gasteiger partial charge in [0.05, 0.1) is 22.6 Å². The third kappa shape index (κ3) is 7.27. The number of hydrogen-bond acceptors (Lipinski definition) is 7. The zero-order valence-electron chi connectivity index (χ0n) is 18.9. The number of carboxylic acid groups (broad SMARTS) is 1. The molecule has 1 aliphatic heterocycles. The largest absolute Gasteiger partial charge is 0.480 e. The number of alkyl halides is 3. The van der Waals surface area contributed by atoms with Gasteiger partial charge in [-0.05, 0) is 23.8 Å². The number of carbonyl (C=O) groups excluding carboxylic acids is 1. The SMILES string of the molecule is N=C(N)c1ccc(C2=NOC(CC(=O)NC[C@H](NS(=O)(=O)c3cccc(C(F)(F)F)c3)C(=O)O)C2)cc1. The van der Waals surface area contributed by atoms with Gasteiger partial charge in [0.2, 0.25) is 15.9 Å². The predicted molar refractivity (Wildman–Crippen MR) is 124 cm³/mol. The molecule has 0 spiro atoms. The van der Waals surface area contributed by atoms with Crippen LogP contribution in [-0.4, -0.2) is 55.6 Å². The van der Waals surface area contributed by atoms with Crippen LogP contribution in [0.2, 0.25) is 0 Å². The average molecular weight is 542 g/mol. The predicted octanol–water partition coefficient (Wildman–Crippen LogP) is 1.42. The van der Waals surface area contributed by atoms with Crippen molar-refractivity contribution in [2.24, 2.45) is 10.9 Å². The fraction of sp³-hybridized carbons (Fsp3) is 0.273. The van der Waals surface area contributed by atoms with E-state index in [-0.39, 0.29) is 18.7 Å². The summed E-state index contributed by atoms with van der Waals surface area (Å²) in [4.78, 5) is 28.3. The highest BCUT2D eigenvalue weighted by Crippen LogP contribution is 2.30. The second-order valence-electron chi connectivity index (χ2n) is 8.01. The Morgan fingerprint density at radius 2 is 1.89 bits per heavy atom. The van der Waals surface area contributed by atoms with Crippen molar-refractivity contribution in [1.29, 1.82) is 5.41 Å². The maximum Gasteiger partial charge on any atom is 0.416 e. The van der Waals surface area contributed by atoms with Crippen LogP contribution in [0, 0.1) is 5.41 Å². The van der Waals surface area contributed by atoms with E-state index in [1.165, 1.54) is 0 Å². The van der Waals surface area contributed by atoms with E-state index in [0.29, 0.717) is 29.0 Å². The third-order valence-electron chi connectivity index (χ3n) is 5.25. The molecule has 0 bridgehead atoms. The van der Waals surface area contributed by atoms with Crippen molar-refractivity contribution >= 4 is 33.4 Å². The summed E-state index contributed by atoms with van der Waals surface area (Å²) in [5, 5.41) is 23.0. The molecule has 37 heavy (non-hydrogen) atoms. The molecule has 3 rings (SSSR count). The van der Waals surface area contributed by atoms with Crippen LogP contribution in [0.4, 0.5) is 13.2 Å². The quantitative estimate of drug-likeness (QED) is 0.222. The summed E-state index contributed by atoms with van der Waals surface area (Å²) in [6, 6.07) is 7.61. The molecule has 1 unspecified atom stereocenters. The smallest absolute Gasteiger partial charge is 0.416 e. The van der Waals surface area contributed by atoms with Crippen molar-refractivity contribution in [1.82, 2.24) is 10.0 Å². The van der Waals surface area contributed by atoms with Crippen LogP contribution in [0.5, 0.6) is 0 Å². The lowest BCUT2D eigenvalue weighted by Crippen LogP contribution is -2.48. The number of benzene rings is 2. The van der Waals surface area contributed by atoms with E-state index in [4.69, 9.17) is 16.0 Å². The molecule has 1 aliphatic rings. The molecule has 11 nitrogen and oxygen atoms in total. The first-order valence-electron chi connectivity index (χ1n) is 10.6. The minimum Gasteiger partial charge on any atom is -0.480 e. The van der Waals surface area contributed by atoms with Gasteiger partial charge in [0.1, 0.15) is 18.0 Å². The van der Waals surface area contributed by atoms with Gasteiger partial charge in [-0.25, -0.2) is 8.42 Å². The molecule has 2 atom stereocenters. The van der Waals surface area contributed by atoms with E-state index in [2.05, 4.69) is 10.5 Å². The second kappa shape index (κ2) is 11.0. The Labute approximate surface area is 209 Å². The molecule has 15 heteroatoms. The van der Waals surface area contributed by atoms with Gasteiger partial charge in [0.25, 0.3) is 0 Å². The number of carboxylic acids is 1. The van der Waals surface area contributed by atoms with Crippen LogP contribution < -0.4 is 15.8 Å². The van der Waals surface area contributed by atoms with Crippen LogP contribution >= 0.6 is 0 Å². The van der Waals surface area contributed by atoms with E-state index >= 15 is 0 Å². The molecular weight excluding hydrogens is 519 g/mol. The summed E-state index contributed by atoms with van der Waals surface area (Å²) < 4.78 is 65.4. The lowest BCUT2D eigenvalue weighted by atomic mass is 10.0. The van der Waals surface area contributed by atoms with Crippen molar-refractivity contribution in [3.8, 4) is 0 Å². The van der Waals surface area contributed by atoms with Gasteiger partial charge >= 0.3 is 12.1 Å². The number of oxime groups is 1. The van der Waals surface area contributed by atoms with Gasteiger partial charge in [0.15, 0.2) is 0 Å². The van der Waals surface area contributed by atoms with Crippen LogP contribution in [0.3, 0.4) is 0 Å².